The molecular weight excluding hydrogens is 815 g/mol. The molecule has 1 aliphatic rings. The van der Waals surface area contributed by atoms with Gasteiger partial charge in [-0.25, -0.2) is 0 Å². The number of para-hydroxylation sites is 2. The predicted octanol–water partition coefficient (Wildman–Crippen LogP) is 16.8. The van der Waals surface area contributed by atoms with Crippen LogP contribution in [0.1, 0.15) is 11.1 Å². The average Bonchev–Trinajstić information content (AvgIpc) is 4.11. The van der Waals surface area contributed by atoms with Crippen molar-refractivity contribution in [2.45, 2.75) is 0 Å². The van der Waals surface area contributed by atoms with E-state index in [2.05, 4.69) is 221 Å². The number of rotatable bonds is 5. The molecule has 0 unspecified atom stereocenters. The van der Waals surface area contributed by atoms with Crippen LogP contribution in [0, 0.1) is 0 Å². The minimum atomic E-state index is 0.748. The van der Waals surface area contributed by atoms with Crippen molar-refractivity contribution in [1.29, 1.82) is 0 Å². The van der Waals surface area contributed by atoms with E-state index in [9.17, 15) is 0 Å². The Morgan fingerprint density at radius 2 is 0.922 bits per heavy atom. The number of nitrogens with one attached hydrogen (secondary N) is 1. The van der Waals surface area contributed by atoms with Crippen molar-refractivity contribution in [3.8, 4) is 33.6 Å². The van der Waals surface area contributed by atoms with Crippen LogP contribution in [0.25, 0.3) is 118 Å². The predicted molar refractivity (Wildman–Crippen MR) is 277 cm³/mol. The molecule has 3 nitrogen and oxygen atoms in total. The Morgan fingerprint density at radius 3 is 1.69 bits per heavy atom. The molecule has 5 heteroatoms. The van der Waals surface area contributed by atoms with Gasteiger partial charge in [0, 0.05) is 80.0 Å². The zero-order chi connectivity index (χ0) is 41.9. The molecule has 4 aromatic heterocycles. The number of aromatic nitrogens is 2. The van der Waals surface area contributed by atoms with Crippen molar-refractivity contribution in [2.24, 2.45) is 0 Å². The second-order valence-electron chi connectivity index (χ2n) is 16.9. The Bertz CT molecular complexity index is 4100. The van der Waals surface area contributed by atoms with Crippen LogP contribution in [-0.2, 0) is 0 Å². The Labute approximate surface area is 377 Å². The molecule has 5 heterocycles. The Kier molecular flexibility index (Phi) is 7.79. The van der Waals surface area contributed by atoms with Gasteiger partial charge in [-0.15, -0.1) is 22.7 Å². The van der Waals surface area contributed by atoms with Crippen LogP contribution in [0.4, 0.5) is 5.82 Å². The van der Waals surface area contributed by atoms with E-state index in [1.807, 2.05) is 22.7 Å². The fourth-order valence-electron chi connectivity index (χ4n) is 10.5. The van der Waals surface area contributed by atoms with Gasteiger partial charge >= 0.3 is 0 Å². The SMILES string of the molecule is C1=C(c2cccc3c2sc2ccccc23)CNc2c1c1ccccc1n2-c1ccc2c(c1)c1ccccc1n2-c1cccc(-c2cccc(-c3cccc4c3sc3ccccc34)c2)c1. The highest BCUT2D eigenvalue weighted by molar-refractivity contribution is 7.26. The minimum absolute atomic E-state index is 0.748. The first-order valence-electron chi connectivity index (χ1n) is 21.9. The summed E-state index contributed by atoms with van der Waals surface area (Å²) in [5, 5.41) is 12.9. The van der Waals surface area contributed by atoms with Gasteiger partial charge in [0.2, 0.25) is 0 Å². The third-order valence-electron chi connectivity index (χ3n) is 13.4. The second-order valence-corrected chi connectivity index (χ2v) is 19.0. The van der Waals surface area contributed by atoms with Crippen LogP contribution in [0.2, 0.25) is 0 Å². The molecule has 64 heavy (non-hydrogen) atoms. The monoisotopic (exact) mass is 851 g/mol. The van der Waals surface area contributed by atoms with Crippen LogP contribution in [-0.4, -0.2) is 15.7 Å². The highest BCUT2D eigenvalue weighted by atomic mass is 32.1. The van der Waals surface area contributed by atoms with Gasteiger partial charge in [-0.05, 0) is 100 Å². The van der Waals surface area contributed by atoms with E-state index in [-0.39, 0.29) is 0 Å². The van der Waals surface area contributed by atoms with Crippen molar-refractivity contribution in [2.75, 3.05) is 11.9 Å². The molecule has 0 atom stereocenters. The molecule has 14 rings (SSSR count). The molecule has 0 spiro atoms. The molecule has 0 bridgehead atoms. The van der Waals surface area contributed by atoms with Crippen LogP contribution < -0.4 is 5.32 Å². The van der Waals surface area contributed by atoms with Gasteiger partial charge in [-0.3, -0.25) is 4.57 Å². The quantitative estimate of drug-likeness (QED) is 0.183. The van der Waals surface area contributed by atoms with Crippen molar-refractivity contribution in [1.82, 2.24) is 9.13 Å². The number of hydrogen-bond donors (Lipinski definition) is 1. The van der Waals surface area contributed by atoms with Crippen LogP contribution in [0.3, 0.4) is 0 Å². The van der Waals surface area contributed by atoms with Gasteiger partial charge in [0.05, 0.1) is 16.6 Å². The molecule has 9 aromatic carbocycles. The molecule has 0 aliphatic carbocycles. The summed E-state index contributed by atoms with van der Waals surface area (Å²) in [5.74, 6) is 1.13. The number of hydrogen-bond acceptors (Lipinski definition) is 3. The molecule has 300 valence electrons. The van der Waals surface area contributed by atoms with Gasteiger partial charge in [-0.1, -0.05) is 140 Å². The van der Waals surface area contributed by atoms with Crippen molar-refractivity contribution < 1.29 is 0 Å². The Balaban J connectivity index is 0.879. The number of fused-ring (bicyclic) bond motifs is 12. The molecule has 0 saturated heterocycles. The van der Waals surface area contributed by atoms with Gasteiger partial charge in [0.15, 0.2) is 0 Å². The van der Waals surface area contributed by atoms with Crippen LogP contribution in [0.5, 0.6) is 0 Å². The number of anilines is 1. The summed E-state index contributed by atoms with van der Waals surface area (Å²) in [6, 6.07) is 73.8. The third kappa shape index (κ3) is 5.32. The van der Waals surface area contributed by atoms with Gasteiger partial charge in [0.25, 0.3) is 0 Å². The zero-order valence-electron chi connectivity index (χ0n) is 34.5. The first-order chi connectivity index (χ1) is 31.7. The standard InChI is InChI=1S/C59H37N3S2/c1-5-25-52-44(17-1)50-34-41(62-53-26-6-2-18-45(53)51-33-39(35-60-59(51)62)43-22-12-24-49-47-20-4-8-28-56(47)64-58(43)49)29-30-54(50)61(52)40-16-10-14-37(32-40)36-13-9-15-38(31-36)42-21-11-23-48-46-19-3-7-27-55(46)63-57(42)48/h1-34,60H,35H2. The number of nitrogens with zero attached hydrogens (tertiary/aromatic N) is 2. The number of benzene rings is 9. The van der Waals surface area contributed by atoms with Crippen molar-refractivity contribution in [3.63, 3.8) is 0 Å². The first-order valence-corrected chi connectivity index (χ1v) is 23.5. The zero-order valence-corrected chi connectivity index (χ0v) is 36.2. The van der Waals surface area contributed by atoms with E-state index < -0.39 is 0 Å². The topological polar surface area (TPSA) is 21.9 Å². The summed E-state index contributed by atoms with van der Waals surface area (Å²) >= 11 is 3.78. The Morgan fingerprint density at radius 1 is 0.375 bits per heavy atom. The molecule has 0 amide bonds. The van der Waals surface area contributed by atoms with Crippen molar-refractivity contribution in [3.05, 3.63) is 211 Å². The van der Waals surface area contributed by atoms with E-state index in [1.54, 1.807) is 0 Å². The fourth-order valence-corrected chi connectivity index (χ4v) is 13.0. The highest BCUT2D eigenvalue weighted by Gasteiger charge is 2.24. The summed E-state index contributed by atoms with van der Waals surface area (Å²) in [6.45, 7) is 0.748. The van der Waals surface area contributed by atoms with E-state index in [0.717, 1.165) is 23.7 Å². The first kappa shape index (κ1) is 35.9. The second kappa shape index (κ2) is 13.9. The lowest BCUT2D eigenvalue weighted by atomic mass is 9.97. The minimum Gasteiger partial charge on any atom is -0.367 e. The number of thiophene rings is 2. The largest absolute Gasteiger partial charge is 0.367 e. The molecule has 13 aromatic rings. The normalized spacial score (nSPS) is 12.8. The van der Waals surface area contributed by atoms with Crippen LogP contribution in [0.15, 0.2) is 200 Å². The molecule has 0 fully saturated rings. The molecule has 0 radical (unpaired) electrons. The summed E-state index contributed by atoms with van der Waals surface area (Å²) < 4.78 is 10.2. The molecule has 1 aliphatic heterocycles. The fraction of sp³-hybridized carbons (Fsp3) is 0.0169. The smallest absolute Gasteiger partial charge is 0.119 e. The summed E-state index contributed by atoms with van der Waals surface area (Å²) in [4.78, 5) is 0. The average molecular weight is 852 g/mol. The van der Waals surface area contributed by atoms with Crippen LogP contribution >= 0.6 is 22.7 Å². The van der Waals surface area contributed by atoms with E-state index >= 15 is 0 Å². The van der Waals surface area contributed by atoms with Crippen molar-refractivity contribution >= 4 is 113 Å². The molecule has 0 saturated carbocycles. The molecule has 1 N–H and O–H groups in total. The lowest BCUT2D eigenvalue weighted by Gasteiger charge is -2.20. The third-order valence-corrected chi connectivity index (χ3v) is 15.8. The maximum atomic E-state index is 3.93. The summed E-state index contributed by atoms with van der Waals surface area (Å²) in [7, 11) is 0. The van der Waals surface area contributed by atoms with Gasteiger partial charge < -0.3 is 9.88 Å². The lowest BCUT2D eigenvalue weighted by molar-refractivity contribution is 1.10. The van der Waals surface area contributed by atoms with E-state index in [4.69, 9.17) is 0 Å². The maximum absolute atomic E-state index is 3.93. The lowest BCUT2D eigenvalue weighted by Crippen LogP contribution is -2.12. The van der Waals surface area contributed by atoms with E-state index in [0.29, 0.717) is 0 Å². The molecular formula is C59H37N3S2. The van der Waals surface area contributed by atoms with Gasteiger partial charge in [-0.2, -0.15) is 0 Å². The Hall–Kier alpha value is -7.70. The maximum Gasteiger partial charge on any atom is 0.119 e. The van der Waals surface area contributed by atoms with Gasteiger partial charge in [0.1, 0.15) is 5.82 Å². The highest BCUT2D eigenvalue weighted by Crippen LogP contribution is 2.45. The van der Waals surface area contributed by atoms with E-state index in [1.165, 1.54) is 112 Å². The summed E-state index contributed by atoms with van der Waals surface area (Å²) in [5.41, 5.74) is 14.6. The summed E-state index contributed by atoms with van der Waals surface area (Å²) in [6.07, 6.45) is 2.43.